The van der Waals surface area contributed by atoms with E-state index in [9.17, 15) is 14.4 Å². The summed E-state index contributed by atoms with van der Waals surface area (Å²) in [5.41, 5.74) is 0.843. The number of nitrogens with one attached hydrogen (secondary N) is 2. The van der Waals surface area contributed by atoms with Gasteiger partial charge >= 0.3 is 12.1 Å². The van der Waals surface area contributed by atoms with Crippen LogP contribution in [-0.2, 0) is 25.7 Å². The molecule has 0 spiro atoms. The van der Waals surface area contributed by atoms with Gasteiger partial charge < -0.3 is 20.1 Å². The number of hydrogen-bond acceptors (Lipinski definition) is 5. The highest BCUT2D eigenvalue weighted by molar-refractivity contribution is 5.89. The van der Waals surface area contributed by atoms with Gasteiger partial charge in [0.05, 0.1) is 7.11 Å². The van der Waals surface area contributed by atoms with Crippen molar-refractivity contribution in [2.75, 3.05) is 7.11 Å². The van der Waals surface area contributed by atoms with E-state index in [1.807, 2.05) is 30.3 Å². The maximum atomic E-state index is 12.1. The molecule has 0 aromatic heterocycles. The topological polar surface area (TPSA) is 93.7 Å². The Morgan fingerprint density at radius 3 is 2.21 bits per heavy atom. The number of hydrogen-bond donors (Lipinski definition) is 2. The number of amides is 2. The summed E-state index contributed by atoms with van der Waals surface area (Å²) in [4.78, 5) is 35.5. The summed E-state index contributed by atoms with van der Waals surface area (Å²) >= 11 is 0. The van der Waals surface area contributed by atoms with Crippen LogP contribution >= 0.6 is 0 Å². The van der Waals surface area contributed by atoms with E-state index in [0.29, 0.717) is 0 Å². The molecule has 24 heavy (non-hydrogen) atoms. The van der Waals surface area contributed by atoms with Crippen molar-refractivity contribution in [2.45, 2.75) is 39.5 Å². The number of esters is 1. The summed E-state index contributed by atoms with van der Waals surface area (Å²) < 4.78 is 9.71. The highest BCUT2D eigenvalue weighted by Gasteiger charge is 2.27. The number of rotatable bonds is 7. The zero-order valence-electron chi connectivity index (χ0n) is 14.4. The Kier molecular flexibility index (Phi) is 7.74. The summed E-state index contributed by atoms with van der Waals surface area (Å²) in [5.74, 6) is -1.16. The molecule has 0 aliphatic carbocycles. The Bertz CT molecular complexity index is 559. The molecule has 2 amide bonds. The number of benzene rings is 1. The summed E-state index contributed by atoms with van der Waals surface area (Å²) in [5, 5.41) is 4.99. The van der Waals surface area contributed by atoms with Crippen molar-refractivity contribution < 1.29 is 23.9 Å². The smallest absolute Gasteiger partial charge is 0.408 e. The molecule has 2 N–H and O–H groups in total. The first-order valence-corrected chi connectivity index (χ1v) is 7.70. The number of ether oxygens (including phenoxy) is 2. The van der Waals surface area contributed by atoms with Crippen LogP contribution in [0.1, 0.15) is 26.3 Å². The third-order valence-corrected chi connectivity index (χ3v) is 3.36. The van der Waals surface area contributed by atoms with E-state index >= 15 is 0 Å². The molecule has 0 fully saturated rings. The third-order valence-electron chi connectivity index (χ3n) is 3.36. The molecule has 0 radical (unpaired) electrons. The molecular weight excluding hydrogens is 312 g/mol. The van der Waals surface area contributed by atoms with Gasteiger partial charge in [-0.1, -0.05) is 44.2 Å². The van der Waals surface area contributed by atoms with Gasteiger partial charge in [-0.25, -0.2) is 9.59 Å². The molecule has 1 aromatic carbocycles. The van der Waals surface area contributed by atoms with Gasteiger partial charge in [0.15, 0.2) is 0 Å². The number of carbonyl (C=O) groups is 3. The molecule has 1 rings (SSSR count). The van der Waals surface area contributed by atoms with Gasteiger partial charge in [-0.05, 0) is 18.4 Å². The SMILES string of the molecule is COC(=O)[C@@H](NC(=O)[C@@H](C)NC(=O)OCc1ccccc1)C(C)C. The maximum Gasteiger partial charge on any atom is 0.408 e. The molecule has 0 saturated heterocycles. The Morgan fingerprint density at radius 2 is 1.67 bits per heavy atom. The van der Waals surface area contributed by atoms with E-state index in [-0.39, 0.29) is 12.5 Å². The van der Waals surface area contributed by atoms with E-state index in [0.717, 1.165) is 5.56 Å². The first-order chi connectivity index (χ1) is 11.3. The monoisotopic (exact) mass is 336 g/mol. The van der Waals surface area contributed by atoms with Crippen LogP contribution in [0.25, 0.3) is 0 Å². The number of alkyl carbamates (subject to hydrolysis) is 1. The van der Waals surface area contributed by atoms with Gasteiger partial charge in [0.25, 0.3) is 0 Å². The van der Waals surface area contributed by atoms with E-state index < -0.39 is 30.1 Å². The van der Waals surface area contributed by atoms with E-state index in [4.69, 9.17) is 4.74 Å². The normalized spacial score (nSPS) is 12.9. The van der Waals surface area contributed by atoms with Gasteiger partial charge in [-0.2, -0.15) is 0 Å². The zero-order chi connectivity index (χ0) is 18.1. The summed E-state index contributed by atoms with van der Waals surface area (Å²) in [6.45, 7) is 5.19. The second-order valence-corrected chi connectivity index (χ2v) is 5.68. The van der Waals surface area contributed by atoms with Crippen LogP contribution < -0.4 is 10.6 Å². The minimum absolute atomic E-state index is 0.109. The van der Waals surface area contributed by atoms with Crippen molar-refractivity contribution >= 4 is 18.0 Å². The Labute approximate surface area is 141 Å². The quantitative estimate of drug-likeness (QED) is 0.738. The lowest BCUT2D eigenvalue weighted by atomic mass is 10.0. The highest BCUT2D eigenvalue weighted by Crippen LogP contribution is 2.04. The molecule has 0 aliphatic rings. The minimum Gasteiger partial charge on any atom is -0.467 e. The molecule has 0 unspecified atom stereocenters. The van der Waals surface area contributed by atoms with Crippen molar-refractivity contribution in [1.82, 2.24) is 10.6 Å². The second-order valence-electron chi connectivity index (χ2n) is 5.68. The molecule has 1 aromatic rings. The first kappa shape index (κ1) is 19.5. The maximum absolute atomic E-state index is 12.1. The van der Waals surface area contributed by atoms with Gasteiger partial charge in [-0.3, -0.25) is 4.79 Å². The van der Waals surface area contributed by atoms with E-state index in [1.54, 1.807) is 13.8 Å². The van der Waals surface area contributed by atoms with Gasteiger partial charge in [0.2, 0.25) is 5.91 Å². The molecule has 132 valence electrons. The summed E-state index contributed by atoms with van der Waals surface area (Å²) in [6.07, 6.45) is -0.708. The third kappa shape index (κ3) is 6.28. The van der Waals surface area contributed by atoms with Crippen molar-refractivity contribution in [1.29, 1.82) is 0 Å². The fourth-order valence-corrected chi connectivity index (χ4v) is 1.91. The van der Waals surface area contributed by atoms with E-state index in [2.05, 4.69) is 15.4 Å². The molecule has 7 heteroatoms. The van der Waals surface area contributed by atoms with Gasteiger partial charge in [-0.15, -0.1) is 0 Å². The van der Waals surface area contributed by atoms with Crippen molar-refractivity contribution in [3.8, 4) is 0 Å². The summed E-state index contributed by atoms with van der Waals surface area (Å²) in [7, 11) is 1.26. The highest BCUT2D eigenvalue weighted by atomic mass is 16.5. The predicted octanol–water partition coefficient (Wildman–Crippen LogP) is 1.62. The van der Waals surface area contributed by atoms with Crippen LogP contribution in [0.4, 0.5) is 4.79 Å². The lowest BCUT2D eigenvalue weighted by Crippen LogP contribution is -2.52. The largest absolute Gasteiger partial charge is 0.467 e. The molecule has 0 saturated carbocycles. The Morgan fingerprint density at radius 1 is 1.04 bits per heavy atom. The summed E-state index contributed by atoms with van der Waals surface area (Å²) in [6, 6.07) is 7.57. The van der Waals surface area contributed by atoms with Crippen molar-refractivity contribution in [2.24, 2.45) is 5.92 Å². The van der Waals surface area contributed by atoms with Crippen LogP contribution in [0.3, 0.4) is 0 Å². The first-order valence-electron chi connectivity index (χ1n) is 7.70. The van der Waals surface area contributed by atoms with Crippen LogP contribution in [0.15, 0.2) is 30.3 Å². The van der Waals surface area contributed by atoms with Crippen LogP contribution in [0, 0.1) is 5.92 Å². The van der Waals surface area contributed by atoms with E-state index in [1.165, 1.54) is 14.0 Å². The van der Waals surface area contributed by atoms with Crippen LogP contribution in [-0.4, -0.2) is 37.2 Å². The van der Waals surface area contributed by atoms with Crippen LogP contribution in [0.2, 0.25) is 0 Å². The molecule has 2 atom stereocenters. The lowest BCUT2D eigenvalue weighted by Gasteiger charge is -2.22. The lowest BCUT2D eigenvalue weighted by molar-refractivity contribution is -0.146. The van der Waals surface area contributed by atoms with Gasteiger partial charge in [0.1, 0.15) is 18.7 Å². The predicted molar refractivity (Wildman–Crippen MR) is 88.0 cm³/mol. The van der Waals surface area contributed by atoms with Gasteiger partial charge in [0, 0.05) is 0 Å². The Balaban J connectivity index is 2.47. The van der Waals surface area contributed by atoms with Crippen molar-refractivity contribution in [3.05, 3.63) is 35.9 Å². The average molecular weight is 336 g/mol. The number of methoxy groups -OCH3 is 1. The minimum atomic E-state index is -0.848. The average Bonchev–Trinajstić information content (AvgIpc) is 2.57. The second kappa shape index (κ2) is 9.54. The fraction of sp³-hybridized carbons (Fsp3) is 0.471. The van der Waals surface area contributed by atoms with Crippen molar-refractivity contribution in [3.63, 3.8) is 0 Å². The van der Waals surface area contributed by atoms with Crippen LogP contribution in [0.5, 0.6) is 0 Å². The molecule has 7 nitrogen and oxygen atoms in total. The molecular formula is C17H24N2O5. The fourth-order valence-electron chi connectivity index (χ4n) is 1.91. The zero-order valence-corrected chi connectivity index (χ0v) is 14.4. The standard InChI is InChI=1S/C17H24N2O5/c1-11(2)14(16(21)23-4)19-15(20)12(3)18-17(22)24-10-13-8-6-5-7-9-13/h5-9,11-12,14H,10H2,1-4H3,(H,18,22)(H,19,20)/t12-,14+/m1/s1. The number of carbonyl (C=O) groups excluding carboxylic acids is 3. The molecule has 0 heterocycles. The Hall–Kier alpha value is -2.57. The molecule has 0 aliphatic heterocycles. The molecule has 0 bridgehead atoms.